The SMILES string of the molecule is CC(C)(C)c1ccc(NC(=O)Cc2cnc[nH]2)cc1. The maximum absolute atomic E-state index is 11.8. The minimum atomic E-state index is -0.0484. The molecule has 1 aromatic heterocycles. The van der Waals surface area contributed by atoms with Crippen LogP contribution in [0.15, 0.2) is 36.8 Å². The number of carbonyl (C=O) groups is 1. The molecule has 0 aliphatic rings. The number of anilines is 1. The van der Waals surface area contributed by atoms with Crippen molar-refractivity contribution in [1.29, 1.82) is 0 Å². The van der Waals surface area contributed by atoms with Gasteiger partial charge in [0.1, 0.15) is 0 Å². The summed E-state index contributed by atoms with van der Waals surface area (Å²) < 4.78 is 0. The maximum atomic E-state index is 11.8. The smallest absolute Gasteiger partial charge is 0.230 e. The van der Waals surface area contributed by atoms with E-state index in [1.807, 2.05) is 24.3 Å². The molecule has 0 aliphatic carbocycles. The first-order valence-corrected chi connectivity index (χ1v) is 6.33. The molecule has 0 bridgehead atoms. The Morgan fingerprint density at radius 1 is 1.26 bits per heavy atom. The number of nitrogens with one attached hydrogen (secondary N) is 2. The van der Waals surface area contributed by atoms with Gasteiger partial charge in [-0.2, -0.15) is 0 Å². The van der Waals surface area contributed by atoms with Gasteiger partial charge in [-0.15, -0.1) is 0 Å². The molecule has 2 N–H and O–H groups in total. The molecule has 4 nitrogen and oxygen atoms in total. The van der Waals surface area contributed by atoms with Crippen molar-refractivity contribution in [2.24, 2.45) is 0 Å². The van der Waals surface area contributed by atoms with Gasteiger partial charge in [-0.25, -0.2) is 4.98 Å². The van der Waals surface area contributed by atoms with Crippen molar-refractivity contribution in [3.05, 3.63) is 48.0 Å². The average Bonchev–Trinajstić information content (AvgIpc) is 2.81. The fraction of sp³-hybridized carbons (Fsp3) is 0.333. The Morgan fingerprint density at radius 3 is 2.47 bits per heavy atom. The fourth-order valence-corrected chi connectivity index (χ4v) is 1.81. The Hall–Kier alpha value is -2.10. The van der Waals surface area contributed by atoms with Crippen molar-refractivity contribution in [2.45, 2.75) is 32.6 Å². The van der Waals surface area contributed by atoms with Gasteiger partial charge in [0.05, 0.1) is 12.7 Å². The minimum absolute atomic E-state index is 0.0484. The summed E-state index contributed by atoms with van der Waals surface area (Å²) >= 11 is 0. The molecule has 2 aromatic rings. The number of benzene rings is 1. The molecule has 1 amide bonds. The highest BCUT2D eigenvalue weighted by molar-refractivity contribution is 5.91. The van der Waals surface area contributed by atoms with Gasteiger partial charge in [0.2, 0.25) is 5.91 Å². The summed E-state index contributed by atoms with van der Waals surface area (Å²) in [6.07, 6.45) is 3.53. The Kier molecular flexibility index (Phi) is 3.69. The van der Waals surface area contributed by atoms with Crippen LogP contribution in [0.4, 0.5) is 5.69 Å². The number of carbonyl (C=O) groups excluding carboxylic acids is 1. The molecule has 0 unspecified atom stereocenters. The quantitative estimate of drug-likeness (QED) is 0.888. The first-order valence-electron chi connectivity index (χ1n) is 6.33. The lowest BCUT2D eigenvalue weighted by Gasteiger charge is -2.19. The molecule has 0 aliphatic heterocycles. The molecule has 0 atom stereocenters. The zero-order valence-corrected chi connectivity index (χ0v) is 11.5. The number of aromatic nitrogens is 2. The summed E-state index contributed by atoms with van der Waals surface area (Å²) in [6, 6.07) is 7.97. The lowest BCUT2D eigenvalue weighted by atomic mass is 9.87. The van der Waals surface area contributed by atoms with Crippen LogP contribution in [0, 0.1) is 0 Å². The van der Waals surface area contributed by atoms with E-state index in [4.69, 9.17) is 0 Å². The summed E-state index contributed by atoms with van der Waals surface area (Å²) in [5, 5.41) is 2.87. The fourth-order valence-electron chi connectivity index (χ4n) is 1.81. The topological polar surface area (TPSA) is 57.8 Å². The molecule has 0 fully saturated rings. The van der Waals surface area contributed by atoms with E-state index in [-0.39, 0.29) is 11.3 Å². The van der Waals surface area contributed by atoms with Gasteiger partial charge < -0.3 is 10.3 Å². The zero-order valence-electron chi connectivity index (χ0n) is 11.5. The summed E-state index contributed by atoms with van der Waals surface area (Å²) in [5.41, 5.74) is 3.00. The third-order valence-corrected chi connectivity index (χ3v) is 2.94. The number of rotatable bonds is 3. The molecular formula is C15H19N3O. The molecule has 19 heavy (non-hydrogen) atoms. The molecule has 0 saturated carbocycles. The van der Waals surface area contributed by atoms with E-state index >= 15 is 0 Å². The molecule has 1 aromatic carbocycles. The Morgan fingerprint density at radius 2 is 1.95 bits per heavy atom. The first-order chi connectivity index (χ1) is 8.95. The second-order valence-electron chi connectivity index (χ2n) is 5.63. The number of amides is 1. The molecule has 4 heteroatoms. The van der Waals surface area contributed by atoms with Crippen molar-refractivity contribution in [2.75, 3.05) is 5.32 Å². The number of nitrogens with zero attached hydrogens (tertiary/aromatic N) is 1. The highest BCUT2D eigenvalue weighted by atomic mass is 16.1. The van der Waals surface area contributed by atoms with Crippen molar-refractivity contribution < 1.29 is 4.79 Å². The van der Waals surface area contributed by atoms with Gasteiger partial charge in [0.25, 0.3) is 0 Å². The second-order valence-corrected chi connectivity index (χ2v) is 5.63. The van der Waals surface area contributed by atoms with Crippen molar-refractivity contribution in [3.63, 3.8) is 0 Å². The van der Waals surface area contributed by atoms with Crippen molar-refractivity contribution in [3.8, 4) is 0 Å². The molecular weight excluding hydrogens is 238 g/mol. The van der Waals surface area contributed by atoms with E-state index in [1.54, 1.807) is 12.5 Å². The van der Waals surface area contributed by atoms with Gasteiger partial charge >= 0.3 is 0 Å². The third kappa shape index (κ3) is 3.68. The second kappa shape index (κ2) is 5.26. The summed E-state index contributed by atoms with van der Waals surface area (Å²) in [7, 11) is 0. The van der Waals surface area contributed by atoms with Crippen LogP contribution < -0.4 is 5.32 Å². The van der Waals surface area contributed by atoms with E-state index in [9.17, 15) is 4.79 Å². The normalized spacial score (nSPS) is 11.3. The number of hydrogen-bond donors (Lipinski definition) is 2. The van der Waals surface area contributed by atoms with E-state index in [2.05, 4.69) is 36.1 Å². The van der Waals surface area contributed by atoms with Crippen LogP contribution >= 0.6 is 0 Å². The molecule has 2 rings (SSSR count). The summed E-state index contributed by atoms with van der Waals surface area (Å²) in [4.78, 5) is 18.6. The average molecular weight is 257 g/mol. The van der Waals surface area contributed by atoms with Crippen LogP contribution in [0.25, 0.3) is 0 Å². The van der Waals surface area contributed by atoms with Gasteiger partial charge in [-0.1, -0.05) is 32.9 Å². The molecule has 1 heterocycles. The monoisotopic (exact) mass is 257 g/mol. The highest BCUT2D eigenvalue weighted by Gasteiger charge is 2.13. The standard InChI is InChI=1S/C15H19N3O/c1-15(2,3)11-4-6-12(7-5-11)18-14(19)8-13-9-16-10-17-13/h4-7,9-10H,8H2,1-3H3,(H,16,17)(H,18,19). The lowest BCUT2D eigenvalue weighted by Crippen LogP contribution is -2.15. The van der Waals surface area contributed by atoms with Gasteiger partial charge in [-0.05, 0) is 23.1 Å². The minimum Gasteiger partial charge on any atom is -0.348 e. The predicted molar refractivity (Wildman–Crippen MR) is 76.1 cm³/mol. The van der Waals surface area contributed by atoms with E-state index in [0.717, 1.165) is 11.4 Å². The largest absolute Gasteiger partial charge is 0.348 e. The van der Waals surface area contributed by atoms with Crippen LogP contribution in [-0.4, -0.2) is 15.9 Å². The van der Waals surface area contributed by atoms with Crippen molar-refractivity contribution >= 4 is 11.6 Å². The van der Waals surface area contributed by atoms with Crippen LogP contribution in [-0.2, 0) is 16.6 Å². The number of H-pyrrole nitrogens is 1. The van der Waals surface area contributed by atoms with Crippen LogP contribution in [0.1, 0.15) is 32.0 Å². The van der Waals surface area contributed by atoms with Gasteiger partial charge in [0.15, 0.2) is 0 Å². The molecule has 0 spiro atoms. The van der Waals surface area contributed by atoms with E-state index in [1.165, 1.54) is 5.56 Å². The van der Waals surface area contributed by atoms with Crippen molar-refractivity contribution in [1.82, 2.24) is 9.97 Å². The van der Waals surface area contributed by atoms with Gasteiger partial charge in [0, 0.05) is 17.6 Å². The maximum Gasteiger partial charge on any atom is 0.230 e. The van der Waals surface area contributed by atoms with E-state index in [0.29, 0.717) is 6.42 Å². The Balaban J connectivity index is 1.98. The summed E-state index contributed by atoms with van der Waals surface area (Å²) in [5.74, 6) is -0.0484. The number of hydrogen-bond acceptors (Lipinski definition) is 2. The third-order valence-electron chi connectivity index (χ3n) is 2.94. The van der Waals surface area contributed by atoms with E-state index < -0.39 is 0 Å². The first kappa shape index (κ1) is 13.3. The summed E-state index contributed by atoms with van der Waals surface area (Å²) in [6.45, 7) is 6.50. The zero-order chi connectivity index (χ0) is 13.9. The Bertz CT molecular complexity index is 536. The Labute approximate surface area is 113 Å². The van der Waals surface area contributed by atoms with Crippen LogP contribution in [0.2, 0.25) is 0 Å². The predicted octanol–water partition coefficient (Wildman–Crippen LogP) is 2.89. The molecule has 100 valence electrons. The van der Waals surface area contributed by atoms with Gasteiger partial charge in [-0.3, -0.25) is 4.79 Å². The number of imidazole rings is 1. The van der Waals surface area contributed by atoms with Crippen LogP contribution in [0.3, 0.4) is 0 Å². The lowest BCUT2D eigenvalue weighted by molar-refractivity contribution is -0.115. The number of aromatic amines is 1. The van der Waals surface area contributed by atoms with Crippen LogP contribution in [0.5, 0.6) is 0 Å². The molecule has 0 radical (unpaired) electrons. The highest BCUT2D eigenvalue weighted by Crippen LogP contribution is 2.23. The molecule has 0 saturated heterocycles.